The number of hydrogen-bond donors (Lipinski definition) is 2. The van der Waals surface area contributed by atoms with Crippen LogP contribution in [-0.2, 0) is 4.79 Å². The average molecular weight is 514 g/mol. The number of hydrogen-bond acceptors (Lipinski definition) is 6. The highest BCUT2D eigenvalue weighted by atomic mass is 79.9. The molecule has 1 aliphatic heterocycles. The maximum Gasteiger partial charge on any atom is 0.255 e. The van der Waals surface area contributed by atoms with Crippen molar-refractivity contribution in [1.29, 1.82) is 0 Å². The molecule has 1 amide bonds. The molecular weight excluding hydrogens is 490 g/mol. The topological polar surface area (TPSA) is 81.1 Å². The lowest BCUT2D eigenvalue weighted by Crippen LogP contribution is -2.31. The Morgan fingerprint density at radius 2 is 1.97 bits per heavy atom. The molecule has 3 aromatic rings. The van der Waals surface area contributed by atoms with Crippen LogP contribution in [0.15, 0.2) is 69.4 Å². The Hall–Kier alpha value is -2.78. The van der Waals surface area contributed by atoms with Crippen LogP contribution >= 0.6 is 27.7 Å². The summed E-state index contributed by atoms with van der Waals surface area (Å²) in [6.07, 6.45) is 0. The molecule has 0 saturated carbocycles. The first-order chi connectivity index (χ1) is 15.5. The number of allylic oxidation sites excluding steroid dienone is 1. The Morgan fingerprint density at radius 3 is 2.69 bits per heavy atom. The number of halogens is 1. The number of benzene rings is 2. The Balaban J connectivity index is 1.76. The van der Waals surface area contributed by atoms with Gasteiger partial charge in [-0.3, -0.25) is 4.79 Å². The fourth-order valence-corrected chi connectivity index (χ4v) is 4.43. The van der Waals surface area contributed by atoms with Crippen LogP contribution in [0.1, 0.15) is 32.4 Å². The third kappa shape index (κ3) is 4.54. The van der Waals surface area contributed by atoms with Crippen molar-refractivity contribution >= 4 is 45.2 Å². The van der Waals surface area contributed by atoms with E-state index in [4.69, 9.17) is 9.84 Å². The summed E-state index contributed by atoms with van der Waals surface area (Å²) >= 11 is 5.06. The van der Waals surface area contributed by atoms with Gasteiger partial charge in [0, 0.05) is 10.2 Å². The Labute approximate surface area is 199 Å². The van der Waals surface area contributed by atoms with Crippen molar-refractivity contribution in [2.75, 3.05) is 23.0 Å². The van der Waals surface area contributed by atoms with Gasteiger partial charge in [0.2, 0.25) is 11.1 Å². The molecule has 9 heteroatoms. The Morgan fingerprint density at radius 1 is 1.22 bits per heavy atom. The predicted molar refractivity (Wildman–Crippen MR) is 131 cm³/mol. The first-order valence-corrected chi connectivity index (χ1v) is 12.2. The normalized spacial score (nSPS) is 15.2. The Bertz CT molecular complexity index is 1160. The molecule has 0 aliphatic carbocycles. The van der Waals surface area contributed by atoms with Crippen molar-refractivity contribution in [3.8, 4) is 5.75 Å². The molecule has 7 nitrogen and oxygen atoms in total. The van der Waals surface area contributed by atoms with E-state index < -0.39 is 6.04 Å². The van der Waals surface area contributed by atoms with Gasteiger partial charge in [-0.15, -0.1) is 5.10 Å². The summed E-state index contributed by atoms with van der Waals surface area (Å²) in [6.45, 7) is 6.37. The Kier molecular flexibility index (Phi) is 6.86. The number of carbonyl (C=O) groups excluding carboxylic acids is 1. The lowest BCUT2D eigenvalue weighted by molar-refractivity contribution is -0.113. The average Bonchev–Trinajstić information content (AvgIpc) is 3.17. The van der Waals surface area contributed by atoms with E-state index in [0.717, 1.165) is 21.5 Å². The molecule has 0 saturated heterocycles. The summed E-state index contributed by atoms with van der Waals surface area (Å²) in [5.74, 6) is 1.90. The third-order valence-electron chi connectivity index (χ3n) is 4.97. The number of amides is 1. The number of nitrogens with one attached hydrogen (secondary N) is 2. The van der Waals surface area contributed by atoms with E-state index in [0.29, 0.717) is 34.7 Å². The first kappa shape index (κ1) is 22.4. The summed E-state index contributed by atoms with van der Waals surface area (Å²) in [7, 11) is 0. The van der Waals surface area contributed by atoms with Crippen molar-refractivity contribution < 1.29 is 9.53 Å². The van der Waals surface area contributed by atoms with Crippen molar-refractivity contribution in [3.63, 3.8) is 0 Å². The van der Waals surface area contributed by atoms with E-state index >= 15 is 0 Å². The van der Waals surface area contributed by atoms with Crippen LogP contribution in [0.4, 0.5) is 11.6 Å². The lowest BCUT2D eigenvalue weighted by Gasteiger charge is -2.29. The number of anilines is 2. The molecule has 0 fully saturated rings. The lowest BCUT2D eigenvalue weighted by atomic mass is 9.95. The predicted octanol–water partition coefficient (Wildman–Crippen LogP) is 5.48. The summed E-state index contributed by atoms with van der Waals surface area (Å²) in [5, 5.41) is 11.7. The first-order valence-electron chi connectivity index (χ1n) is 10.4. The number of fused-ring (bicyclic) bond motifs is 1. The summed E-state index contributed by atoms with van der Waals surface area (Å²) in [6, 6.07) is 14.9. The second-order valence-corrected chi connectivity index (χ2v) is 9.24. The number of rotatable bonds is 7. The van der Waals surface area contributed by atoms with Crippen LogP contribution in [0.3, 0.4) is 0 Å². The molecule has 0 bridgehead atoms. The van der Waals surface area contributed by atoms with Crippen molar-refractivity contribution in [2.24, 2.45) is 0 Å². The zero-order chi connectivity index (χ0) is 22.7. The SMILES string of the molecule is CCOc1ccccc1NC(=O)C1=C(C)Nc2nc(SCC)nn2C1c1ccc(Br)cc1. The zero-order valence-electron chi connectivity index (χ0n) is 18.1. The molecule has 1 aliphatic rings. The van der Waals surface area contributed by atoms with Gasteiger partial charge >= 0.3 is 0 Å². The maximum absolute atomic E-state index is 13.6. The molecule has 2 aromatic carbocycles. The smallest absolute Gasteiger partial charge is 0.255 e. The molecular formula is C23H24BrN5O2S. The molecule has 1 aromatic heterocycles. The number of aromatic nitrogens is 3. The standard InChI is InChI=1S/C23H24BrN5O2S/c1-4-31-18-9-7-6-8-17(18)26-21(30)19-14(3)25-22-27-23(32-5-2)28-29(22)20(19)15-10-12-16(24)13-11-15/h6-13,20H,4-5H2,1-3H3,(H,26,30)(H,25,27,28). The molecule has 2 heterocycles. The van der Waals surface area contributed by atoms with E-state index in [1.165, 1.54) is 0 Å². The minimum absolute atomic E-state index is 0.221. The van der Waals surface area contributed by atoms with Gasteiger partial charge in [-0.2, -0.15) is 4.98 Å². The second kappa shape index (κ2) is 9.79. The molecule has 32 heavy (non-hydrogen) atoms. The molecule has 4 rings (SSSR count). The van der Waals surface area contributed by atoms with Gasteiger partial charge in [0.15, 0.2) is 0 Å². The van der Waals surface area contributed by atoms with E-state index in [9.17, 15) is 4.79 Å². The summed E-state index contributed by atoms with van der Waals surface area (Å²) < 4.78 is 8.44. The molecule has 0 spiro atoms. The van der Waals surface area contributed by atoms with Crippen molar-refractivity contribution in [1.82, 2.24) is 14.8 Å². The van der Waals surface area contributed by atoms with Crippen LogP contribution in [0.5, 0.6) is 5.75 Å². The fourth-order valence-electron chi connectivity index (χ4n) is 3.61. The number of thioether (sulfide) groups is 1. The van der Waals surface area contributed by atoms with Gasteiger partial charge in [0.25, 0.3) is 5.91 Å². The highest BCUT2D eigenvalue weighted by molar-refractivity contribution is 9.10. The monoisotopic (exact) mass is 513 g/mol. The van der Waals surface area contributed by atoms with Gasteiger partial charge < -0.3 is 15.4 Å². The number of para-hydroxylation sites is 2. The highest BCUT2D eigenvalue weighted by Crippen LogP contribution is 2.37. The van der Waals surface area contributed by atoms with Crippen molar-refractivity contribution in [2.45, 2.75) is 32.0 Å². The number of ether oxygens (including phenoxy) is 1. The van der Waals surface area contributed by atoms with Crippen LogP contribution in [0.2, 0.25) is 0 Å². The molecule has 0 radical (unpaired) electrons. The minimum atomic E-state index is -0.419. The van der Waals surface area contributed by atoms with Gasteiger partial charge in [-0.25, -0.2) is 4.68 Å². The molecule has 1 unspecified atom stereocenters. The van der Waals surface area contributed by atoms with E-state index in [1.807, 2.05) is 62.4 Å². The fraction of sp³-hybridized carbons (Fsp3) is 0.261. The van der Waals surface area contributed by atoms with Gasteiger partial charge in [-0.05, 0) is 49.4 Å². The molecule has 2 N–H and O–H groups in total. The van der Waals surface area contributed by atoms with Crippen LogP contribution in [-0.4, -0.2) is 33.0 Å². The van der Waals surface area contributed by atoms with Gasteiger partial charge in [0.1, 0.15) is 11.8 Å². The summed E-state index contributed by atoms with van der Waals surface area (Å²) in [5.41, 5.74) is 2.87. The van der Waals surface area contributed by atoms with Crippen LogP contribution in [0.25, 0.3) is 0 Å². The van der Waals surface area contributed by atoms with Crippen molar-refractivity contribution in [3.05, 3.63) is 69.8 Å². The quantitative estimate of drug-likeness (QED) is 0.407. The highest BCUT2D eigenvalue weighted by Gasteiger charge is 2.34. The maximum atomic E-state index is 13.6. The van der Waals surface area contributed by atoms with E-state index in [-0.39, 0.29) is 5.91 Å². The molecule has 166 valence electrons. The minimum Gasteiger partial charge on any atom is -0.492 e. The van der Waals surface area contributed by atoms with Crippen LogP contribution < -0.4 is 15.4 Å². The van der Waals surface area contributed by atoms with E-state index in [2.05, 4.69) is 38.5 Å². The largest absolute Gasteiger partial charge is 0.492 e. The zero-order valence-corrected chi connectivity index (χ0v) is 20.5. The third-order valence-corrected chi connectivity index (χ3v) is 6.22. The molecule has 1 atom stereocenters. The number of nitrogens with zero attached hydrogens (tertiary/aromatic N) is 3. The number of carbonyl (C=O) groups is 1. The summed E-state index contributed by atoms with van der Waals surface area (Å²) in [4.78, 5) is 18.2. The van der Waals surface area contributed by atoms with Crippen LogP contribution in [0, 0.1) is 0 Å². The van der Waals surface area contributed by atoms with Gasteiger partial charge in [0.05, 0.1) is 17.9 Å². The second-order valence-electron chi connectivity index (χ2n) is 7.10. The van der Waals surface area contributed by atoms with E-state index in [1.54, 1.807) is 16.4 Å². The van der Waals surface area contributed by atoms with Gasteiger partial charge in [-0.1, -0.05) is 58.9 Å².